The lowest BCUT2D eigenvalue weighted by molar-refractivity contribution is -0.375. The first kappa shape index (κ1) is 43.4. The zero-order valence-electron chi connectivity index (χ0n) is 28.2. The third-order valence-corrected chi connectivity index (χ3v) is 9.24. The molecular weight excluding hydrogens is 712 g/mol. The second-order valence-electron chi connectivity index (χ2n) is 13.0. The molecule has 4 aliphatic heterocycles. The number of nitrogens with one attached hydrogen (secondary N) is 1. The lowest BCUT2D eigenvalue weighted by Crippen LogP contribution is -2.68. The van der Waals surface area contributed by atoms with E-state index < -0.39 is 155 Å². The maximum atomic E-state index is 12.1. The second-order valence-corrected chi connectivity index (χ2v) is 13.0. The molecule has 0 unspecified atom stereocenters. The number of ether oxygens (including phenoxy) is 8. The molecule has 304 valence electrons. The lowest BCUT2D eigenvalue weighted by atomic mass is 9.95. The Kier molecular flexibility index (Phi) is 16.2. The predicted molar refractivity (Wildman–Crippen MR) is 162 cm³/mol. The highest BCUT2D eigenvalue weighted by Gasteiger charge is 2.54. The Balaban J connectivity index is 1.53. The fourth-order valence-electron chi connectivity index (χ4n) is 6.27. The van der Waals surface area contributed by atoms with Gasteiger partial charge in [-0.3, -0.25) is 4.79 Å². The van der Waals surface area contributed by atoms with E-state index in [1.165, 1.54) is 6.92 Å². The minimum atomic E-state index is -1.94. The molecule has 0 aliphatic carbocycles. The maximum absolute atomic E-state index is 12.1. The highest BCUT2D eigenvalue weighted by atomic mass is 16.8. The summed E-state index contributed by atoms with van der Waals surface area (Å²) in [4.78, 5) is 12.1. The molecular formula is C29H53N2O21+. The largest absolute Gasteiger partial charge is 0.394 e. The molecule has 0 bridgehead atoms. The quantitative estimate of drug-likeness (QED) is 0.0688. The van der Waals surface area contributed by atoms with E-state index >= 15 is 0 Å². The van der Waals surface area contributed by atoms with Crippen LogP contribution < -0.4 is 11.1 Å². The molecule has 4 rings (SSSR count). The second kappa shape index (κ2) is 19.5. The lowest BCUT2D eigenvalue weighted by Gasteiger charge is -2.48. The van der Waals surface area contributed by atoms with Crippen LogP contribution in [-0.2, 0) is 42.7 Å². The van der Waals surface area contributed by atoms with Gasteiger partial charge >= 0.3 is 0 Å². The van der Waals surface area contributed by atoms with Crippen molar-refractivity contribution in [1.29, 1.82) is 0 Å². The molecule has 1 amide bonds. The molecule has 0 saturated carbocycles. The van der Waals surface area contributed by atoms with Gasteiger partial charge in [-0.2, -0.15) is 0 Å². The van der Waals surface area contributed by atoms with Crippen LogP contribution in [0.4, 0.5) is 0 Å². The molecule has 4 saturated heterocycles. The Labute approximate surface area is 296 Å². The number of quaternary nitrogens is 1. The van der Waals surface area contributed by atoms with Crippen LogP contribution in [0.15, 0.2) is 0 Å². The van der Waals surface area contributed by atoms with E-state index in [0.717, 1.165) is 0 Å². The molecule has 4 aliphatic rings. The number of rotatable bonds is 15. The summed E-state index contributed by atoms with van der Waals surface area (Å²) in [5, 5.41) is 127. The van der Waals surface area contributed by atoms with Gasteiger partial charge in [0.25, 0.3) is 0 Å². The average molecular weight is 766 g/mol. The van der Waals surface area contributed by atoms with Crippen LogP contribution in [0.1, 0.15) is 13.3 Å². The highest BCUT2D eigenvalue weighted by Crippen LogP contribution is 2.33. The summed E-state index contributed by atoms with van der Waals surface area (Å²) < 4.78 is 45.3. The van der Waals surface area contributed by atoms with Crippen molar-refractivity contribution in [2.75, 3.05) is 39.6 Å². The molecule has 4 heterocycles. The van der Waals surface area contributed by atoms with E-state index in [2.05, 4.69) is 11.1 Å². The number of carbonyl (C=O) groups is 1. The van der Waals surface area contributed by atoms with E-state index in [4.69, 9.17) is 37.9 Å². The van der Waals surface area contributed by atoms with Crippen LogP contribution in [0.25, 0.3) is 0 Å². The summed E-state index contributed by atoms with van der Waals surface area (Å²) >= 11 is 0. The summed E-state index contributed by atoms with van der Waals surface area (Å²) in [5.74, 6) is -0.594. The molecule has 23 heteroatoms. The Morgan fingerprint density at radius 1 is 0.577 bits per heavy atom. The number of aliphatic hydroxyl groups excluding tert-OH is 12. The van der Waals surface area contributed by atoms with Gasteiger partial charge in [-0.25, -0.2) is 0 Å². The zero-order valence-corrected chi connectivity index (χ0v) is 28.2. The van der Waals surface area contributed by atoms with E-state index in [9.17, 15) is 66.1 Å². The SMILES string of the molecule is CC(=O)N[C@H]1[C@H](OCCC[NH3+])O[C@H](CO[C@@H]2O[C@H](CO)[C@@H](O[C@@H]3O[C@H](CO)[C@H](O)[C@H](O)[C@H]3O)[C@H](O)[C@H]2O)[C@@H](O[C@@H]2O[C@H](CO)[C@H](O)[C@H](O)[C@H]2O)[C@@H]1O. The fourth-order valence-corrected chi connectivity index (χ4v) is 6.27. The van der Waals surface area contributed by atoms with Crippen molar-refractivity contribution in [2.24, 2.45) is 0 Å². The predicted octanol–water partition coefficient (Wildman–Crippen LogP) is -9.95. The Bertz CT molecular complexity index is 1090. The van der Waals surface area contributed by atoms with Gasteiger partial charge in [0.1, 0.15) is 97.6 Å². The zero-order chi connectivity index (χ0) is 38.4. The van der Waals surface area contributed by atoms with Crippen LogP contribution >= 0.6 is 0 Å². The van der Waals surface area contributed by atoms with Crippen molar-refractivity contribution < 1.29 is 110 Å². The summed E-state index contributed by atoms with van der Waals surface area (Å²) in [7, 11) is 0. The van der Waals surface area contributed by atoms with Gasteiger partial charge < -0.3 is 110 Å². The summed E-state index contributed by atoms with van der Waals surface area (Å²) in [5.41, 5.74) is 3.73. The van der Waals surface area contributed by atoms with Gasteiger partial charge in [-0.1, -0.05) is 0 Å². The highest BCUT2D eigenvalue weighted by molar-refractivity contribution is 5.73. The standard InChI is InChI=1S/C29H52N2O21/c1-9(35)31-14-17(38)25(52-29-22(43)19(40)16(37)11(6-33)48-29)13(50-26(14)45-4-2-3-30)8-46-27-23(44)20(41)24(12(7-34)49-27)51-28-21(42)18(39)15(36)10(5-32)47-28/h10-29,32-34,36-44H,2-8,30H2,1H3,(H,31,35)/p+1/t10-,11-,12-,13-,14-,15+,16+,17-,18+,19+,20-,21-,22-,23-,24-,25-,26-,27-,28+,29+/m1/s1. The molecule has 23 nitrogen and oxygen atoms in total. The van der Waals surface area contributed by atoms with E-state index in [1.807, 2.05) is 0 Å². The smallest absolute Gasteiger partial charge is 0.217 e. The Morgan fingerprint density at radius 3 is 1.52 bits per heavy atom. The number of amides is 1. The van der Waals surface area contributed by atoms with Crippen molar-refractivity contribution in [3.63, 3.8) is 0 Å². The molecule has 16 N–H and O–H groups in total. The fraction of sp³-hybridized carbons (Fsp3) is 0.966. The van der Waals surface area contributed by atoms with Crippen molar-refractivity contribution in [3.8, 4) is 0 Å². The van der Waals surface area contributed by atoms with E-state index in [-0.39, 0.29) is 6.61 Å². The minimum absolute atomic E-state index is 0.0768. The van der Waals surface area contributed by atoms with Crippen molar-refractivity contribution in [1.82, 2.24) is 5.32 Å². The van der Waals surface area contributed by atoms with Crippen molar-refractivity contribution in [3.05, 3.63) is 0 Å². The third kappa shape index (κ3) is 9.70. The topological polar surface area (TPSA) is 373 Å². The monoisotopic (exact) mass is 765 g/mol. The number of hydrogen-bond donors (Lipinski definition) is 14. The van der Waals surface area contributed by atoms with Crippen molar-refractivity contribution in [2.45, 2.75) is 136 Å². The van der Waals surface area contributed by atoms with Gasteiger partial charge in [0, 0.05) is 13.3 Å². The van der Waals surface area contributed by atoms with Crippen molar-refractivity contribution >= 4 is 5.91 Å². The summed E-state index contributed by atoms with van der Waals surface area (Å²) in [6.45, 7) is -1.34. The van der Waals surface area contributed by atoms with E-state index in [1.54, 1.807) is 0 Å². The average Bonchev–Trinajstić information content (AvgIpc) is 3.12. The molecule has 0 aromatic rings. The number of aliphatic hydroxyl groups is 12. The van der Waals surface area contributed by atoms with Gasteiger partial charge in [0.05, 0.1) is 39.6 Å². The summed E-state index contributed by atoms with van der Waals surface area (Å²) in [6, 6.07) is -1.29. The van der Waals surface area contributed by atoms with Gasteiger partial charge in [-0.05, 0) is 0 Å². The summed E-state index contributed by atoms with van der Waals surface area (Å²) in [6.07, 6.45) is -31.4. The van der Waals surface area contributed by atoms with Gasteiger partial charge in [-0.15, -0.1) is 0 Å². The third-order valence-electron chi connectivity index (χ3n) is 9.24. The van der Waals surface area contributed by atoms with E-state index in [0.29, 0.717) is 13.0 Å². The number of hydrogen-bond acceptors (Lipinski definition) is 21. The first-order valence-corrected chi connectivity index (χ1v) is 16.9. The molecule has 52 heavy (non-hydrogen) atoms. The first-order valence-electron chi connectivity index (χ1n) is 16.9. The van der Waals surface area contributed by atoms with Crippen LogP contribution in [0.2, 0.25) is 0 Å². The molecule has 4 fully saturated rings. The Hall–Kier alpha value is -1.37. The molecule has 20 atom stereocenters. The van der Waals surface area contributed by atoms with Crippen LogP contribution in [-0.4, -0.2) is 230 Å². The molecule has 0 aromatic carbocycles. The minimum Gasteiger partial charge on any atom is -0.394 e. The van der Waals surface area contributed by atoms with Crippen LogP contribution in [0, 0.1) is 0 Å². The first-order chi connectivity index (χ1) is 24.7. The normalized spacial score (nSPS) is 47.3. The van der Waals surface area contributed by atoms with Gasteiger partial charge in [0.15, 0.2) is 25.2 Å². The molecule has 0 spiro atoms. The molecule has 0 radical (unpaired) electrons. The Morgan fingerprint density at radius 2 is 1.04 bits per heavy atom. The van der Waals surface area contributed by atoms with Gasteiger partial charge in [0.2, 0.25) is 5.91 Å². The van der Waals surface area contributed by atoms with Crippen LogP contribution in [0.5, 0.6) is 0 Å². The maximum Gasteiger partial charge on any atom is 0.217 e. The van der Waals surface area contributed by atoms with Crippen LogP contribution in [0.3, 0.4) is 0 Å². The molecule has 0 aromatic heterocycles. The number of carbonyl (C=O) groups excluding carboxylic acids is 1.